The van der Waals surface area contributed by atoms with E-state index in [2.05, 4.69) is 0 Å². The van der Waals surface area contributed by atoms with Crippen LogP contribution in [0.5, 0.6) is 34.5 Å². The fraction of sp³-hybridized carbons (Fsp3) is 0. The average molecular weight is 1670 g/mol. The van der Waals surface area contributed by atoms with Gasteiger partial charge in [-0.3, -0.25) is 0 Å². The third-order valence-electron chi connectivity index (χ3n) is 24.2. The minimum absolute atomic E-state index is 0.0663. The van der Waals surface area contributed by atoms with Crippen molar-refractivity contribution in [2.75, 3.05) is 29.4 Å². The number of halogens is 10. The first kappa shape index (κ1) is 73.1. The third kappa shape index (κ3) is 10.9. The van der Waals surface area contributed by atoms with Crippen LogP contribution in [-0.4, -0.2) is 20.1 Å². The quantitative estimate of drug-likeness (QED) is 0.0879. The van der Waals surface area contributed by atoms with Gasteiger partial charge in [0.25, 0.3) is 20.1 Å². The second-order valence-electron chi connectivity index (χ2n) is 30.9. The SMILES string of the molecule is Fc1cccc(F)c1N(c1ccccc1)c1cc2c3c(c1)Oc1c(sc4ccccc14)B3c1cc3c(cc1O2)N(c1c(F)cccc1F)c1cc(N(c2ccccc2)c2ccccc2)cc2c1B3c1cc3c(cc1N2c1c(F)cccc1F)N(c1c(F)cccc1F)c1cc(N(c2ccccc2)c2c(F)cccc2F)cc2c1B3c1sc3ccccc3c1O2. The van der Waals surface area contributed by atoms with Crippen molar-refractivity contribution in [3.63, 3.8) is 0 Å². The predicted molar refractivity (Wildman–Crippen MR) is 478 cm³/mol. The molecule has 18 aromatic rings. The van der Waals surface area contributed by atoms with E-state index in [1.54, 1.807) is 109 Å². The summed E-state index contributed by atoms with van der Waals surface area (Å²) in [5.74, 6) is -8.11. The van der Waals surface area contributed by atoms with Crippen LogP contribution < -0.4 is 91.4 Å². The van der Waals surface area contributed by atoms with Gasteiger partial charge in [0.15, 0.2) is 0 Å². The molecule has 2 aromatic heterocycles. The average Bonchev–Trinajstić information content (AvgIpc) is 0.811. The number of hydrogen-bond donors (Lipinski definition) is 0. The number of fused-ring (bicyclic) bond motifs is 16. The van der Waals surface area contributed by atoms with Gasteiger partial charge in [-0.05, 0) is 191 Å². The molecular formula is C100H53B3F10N6O3S2. The van der Waals surface area contributed by atoms with Crippen LogP contribution in [0, 0.1) is 58.2 Å². The van der Waals surface area contributed by atoms with Crippen LogP contribution in [0.25, 0.3) is 20.2 Å². The lowest BCUT2D eigenvalue weighted by Gasteiger charge is -2.47. The van der Waals surface area contributed by atoms with Crippen LogP contribution in [0.4, 0.5) is 146 Å². The molecule has 0 aliphatic carbocycles. The highest BCUT2D eigenvalue weighted by Gasteiger charge is 2.53. The third-order valence-corrected chi connectivity index (χ3v) is 26.6. The zero-order valence-corrected chi connectivity index (χ0v) is 66.0. The number of thiophene rings is 2. The normalized spacial score (nSPS) is 13.2. The second kappa shape index (κ2) is 27.8. The number of anilines is 18. The van der Waals surface area contributed by atoms with Crippen LogP contribution in [0.1, 0.15) is 0 Å². The summed E-state index contributed by atoms with van der Waals surface area (Å²) < 4.78 is 203. The van der Waals surface area contributed by atoms with Gasteiger partial charge >= 0.3 is 0 Å². The van der Waals surface area contributed by atoms with Crippen molar-refractivity contribution < 1.29 is 58.1 Å². The van der Waals surface area contributed by atoms with Crippen molar-refractivity contribution in [3.8, 4) is 34.5 Å². The molecule has 9 nitrogen and oxygen atoms in total. The summed E-state index contributed by atoms with van der Waals surface area (Å²) in [4.78, 5) is 9.04. The number of rotatable bonds is 12. The van der Waals surface area contributed by atoms with Crippen molar-refractivity contribution in [1.82, 2.24) is 0 Å². The number of nitrogens with zero attached hydrogens (tertiary/aromatic N) is 6. The lowest BCUT2D eigenvalue weighted by Crippen LogP contribution is -2.65. The Balaban J connectivity index is 0.841. The molecule has 16 aromatic carbocycles. The van der Waals surface area contributed by atoms with Gasteiger partial charge in [0.1, 0.15) is 121 Å². The Morgan fingerprint density at radius 2 is 0.548 bits per heavy atom. The molecule has 0 unspecified atom stereocenters. The van der Waals surface area contributed by atoms with Crippen molar-refractivity contribution in [2.24, 2.45) is 0 Å². The topological polar surface area (TPSA) is 47.1 Å². The fourth-order valence-electron chi connectivity index (χ4n) is 19.2. The standard InChI is InChI=1S/C100H53B3F10N6O3S2/c104-67-32-17-33-68(105)92(67)115(56-26-9-3-10-27-56)59-46-82-90-84(47-59)121-97-61-30-13-15-42-87(61)123-99(97)102(90)65-50-63-77(52-78(65)118(82)95-73(110)38-20-39-74(95)111)117(94-71(108)36-19-37-72(94)109)80-44-58(114(54-22-5-1-6-23-54)55-24-7-2-8-25-55)45-81-89(80)101(63)64-51-66-83(53-79(64)119(81)96-75(112)40-21-41-76(96)113)120-85-48-60(116(57-28-11-4-12-29-57)93-69(106)34-18-35-70(93)107)49-86-91(85)103(66)100-98(122-86)62-31-14-16-43-88(62)124-100/h1-53H. The van der Waals surface area contributed by atoms with Crippen LogP contribution in [0.3, 0.4) is 0 Å². The van der Waals surface area contributed by atoms with E-state index in [1.807, 2.05) is 126 Å². The molecule has 24 rings (SSSR count). The summed E-state index contributed by atoms with van der Waals surface area (Å²) in [7, 11) is 0. The van der Waals surface area contributed by atoms with Gasteiger partial charge in [-0.15, -0.1) is 22.7 Å². The molecule has 0 fully saturated rings. The largest absolute Gasteiger partial charge is 0.458 e. The first-order valence-electron chi connectivity index (χ1n) is 39.8. The van der Waals surface area contributed by atoms with E-state index in [9.17, 15) is 0 Å². The first-order chi connectivity index (χ1) is 60.7. The summed E-state index contributed by atoms with van der Waals surface area (Å²) in [6, 6.07) is 86.2. The minimum atomic E-state index is -1.18. The Morgan fingerprint density at radius 1 is 0.234 bits per heavy atom. The van der Waals surface area contributed by atoms with Crippen LogP contribution in [0.15, 0.2) is 322 Å². The molecule has 0 saturated heterocycles. The van der Waals surface area contributed by atoms with E-state index in [1.165, 1.54) is 89.6 Å². The van der Waals surface area contributed by atoms with Crippen LogP contribution >= 0.6 is 22.7 Å². The Morgan fingerprint density at radius 3 is 0.968 bits per heavy atom. The first-order valence-corrected chi connectivity index (χ1v) is 41.5. The van der Waals surface area contributed by atoms with Crippen molar-refractivity contribution in [2.45, 2.75) is 0 Å². The molecule has 0 bridgehead atoms. The van der Waals surface area contributed by atoms with E-state index < -0.39 is 101 Å². The lowest BCUT2D eigenvalue weighted by molar-refractivity contribution is 0.468. The van der Waals surface area contributed by atoms with E-state index in [0.717, 1.165) is 68.1 Å². The number of benzene rings is 16. The summed E-state index contributed by atoms with van der Waals surface area (Å²) in [5.41, 5.74) is 3.34. The summed E-state index contributed by atoms with van der Waals surface area (Å²) in [6.07, 6.45) is 0. The Bertz CT molecular complexity index is 7470. The molecule has 124 heavy (non-hydrogen) atoms. The maximum atomic E-state index is 18.5. The highest BCUT2D eigenvalue weighted by Crippen LogP contribution is 2.56. The summed E-state index contributed by atoms with van der Waals surface area (Å²) >= 11 is 2.89. The molecule has 0 radical (unpaired) electrons. The summed E-state index contributed by atoms with van der Waals surface area (Å²) in [5, 5.41) is 1.44. The summed E-state index contributed by atoms with van der Waals surface area (Å²) in [6.45, 7) is -2.96. The minimum Gasteiger partial charge on any atom is -0.458 e. The zero-order chi connectivity index (χ0) is 83.3. The van der Waals surface area contributed by atoms with Crippen molar-refractivity contribution in [3.05, 3.63) is 380 Å². The van der Waals surface area contributed by atoms with Crippen molar-refractivity contribution >= 4 is 213 Å². The molecule has 0 N–H and O–H groups in total. The monoisotopic (exact) mass is 1670 g/mol. The van der Waals surface area contributed by atoms with Gasteiger partial charge in [0, 0.05) is 116 Å². The molecule has 0 amide bonds. The maximum Gasteiger partial charge on any atom is 0.273 e. The van der Waals surface area contributed by atoms with Gasteiger partial charge in [0.2, 0.25) is 0 Å². The zero-order valence-electron chi connectivity index (χ0n) is 64.3. The van der Waals surface area contributed by atoms with Gasteiger partial charge in [-0.25, -0.2) is 43.9 Å². The molecule has 0 atom stereocenters. The number of ether oxygens (including phenoxy) is 3. The molecule has 6 aliphatic heterocycles. The Labute approximate surface area is 710 Å². The fourth-order valence-corrected chi connectivity index (χ4v) is 21.7. The molecule has 0 saturated carbocycles. The number of hydrogen-bond acceptors (Lipinski definition) is 11. The molecule has 24 heteroatoms. The molecule has 6 aliphatic rings. The number of para-hydroxylation sites is 9. The van der Waals surface area contributed by atoms with Crippen LogP contribution in [-0.2, 0) is 0 Å². The van der Waals surface area contributed by atoms with Gasteiger partial charge < -0.3 is 43.6 Å². The highest BCUT2D eigenvalue weighted by molar-refractivity contribution is 7.34. The van der Waals surface area contributed by atoms with Gasteiger partial charge in [-0.2, -0.15) is 0 Å². The molecule has 0 spiro atoms. The Kier molecular flexibility index (Phi) is 16.4. The molecule has 8 heterocycles. The van der Waals surface area contributed by atoms with E-state index in [-0.39, 0.29) is 74.2 Å². The lowest BCUT2D eigenvalue weighted by atomic mass is 9.30. The second-order valence-corrected chi connectivity index (χ2v) is 33.1. The van der Waals surface area contributed by atoms with Crippen LogP contribution in [0.2, 0.25) is 0 Å². The highest BCUT2D eigenvalue weighted by atomic mass is 32.1. The molecule has 592 valence electrons. The smallest absolute Gasteiger partial charge is 0.273 e. The van der Waals surface area contributed by atoms with Gasteiger partial charge in [-0.1, -0.05) is 140 Å². The predicted octanol–water partition coefficient (Wildman–Crippen LogP) is 23.1. The Hall–Kier alpha value is -14.9. The van der Waals surface area contributed by atoms with Gasteiger partial charge in [0.05, 0.1) is 17.1 Å². The van der Waals surface area contributed by atoms with E-state index in [0.29, 0.717) is 88.3 Å². The van der Waals surface area contributed by atoms with E-state index >= 15 is 43.9 Å². The van der Waals surface area contributed by atoms with Crippen molar-refractivity contribution in [1.29, 1.82) is 0 Å². The molecular weight excluding hydrogens is 1620 g/mol. The van der Waals surface area contributed by atoms with E-state index in [4.69, 9.17) is 14.2 Å². The maximum absolute atomic E-state index is 18.5.